The van der Waals surface area contributed by atoms with Gasteiger partial charge >= 0.3 is 0 Å². The lowest BCUT2D eigenvalue weighted by Gasteiger charge is -2.28. The monoisotopic (exact) mass is 275 g/mol. The highest BCUT2D eigenvalue weighted by molar-refractivity contribution is 5.99. The standard InChI is InChI=1S/C16H25N3O/c1-11-8-9-14(15(10-11)19-17)16(20)18-12(2)13-6-4-3-5-7-13/h8-10,12-13,19H,3-7,17H2,1-2H3,(H,18,20). The molecule has 20 heavy (non-hydrogen) atoms. The molecule has 1 aromatic carbocycles. The fourth-order valence-electron chi connectivity index (χ4n) is 3.01. The average Bonchev–Trinajstić information content (AvgIpc) is 2.47. The largest absolute Gasteiger partial charge is 0.349 e. The molecule has 1 atom stereocenters. The first kappa shape index (κ1) is 14.9. The molecule has 0 aromatic heterocycles. The first-order valence-corrected chi connectivity index (χ1v) is 7.50. The van der Waals surface area contributed by atoms with Crippen LogP contribution < -0.4 is 16.6 Å². The Kier molecular flexibility index (Phi) is 5.01. The van der Waals surface area contributed by atoms with Gasteiger partial charge in [-0.25, -0.2) is 0 Å². The van der Waals surface area contributed by atoms with E-state index in [-0.39, 0.29) is 11.9 Å². The molecule has 4 nitrogen and oxygen atoms in total. The van der Waals surface area contributed by atoms with Crippen LogP contribution in [0.2, 0.25) is 0 Å². The third-order valence-corrected chi connectivity index (χ3v) is 4.29. The van der Waals surface area contributed by atoms with Crippen LogP contribution in [-0.2, 0) is 0 Å². The second-order valence-electron chi connectivity index (χ2n) is 5.85. The number of nitrogens with one attached hydrogen (secondary N) is 2. The van der Waals surface area contributed by atoms with Crippen LogP contribution in [0, 0.1) is 12.8 Å². The van der Waals surface area contributed by atoms with E-state index >= 15 is 0 Å². The zero-order valence-electron chi connectivity index (χ0n) is 12.4. The second-order valence-corrected chi connectivity index (χ2v) is 5.85. The van der Waals surface area contributed by atoms with Crippen LogP contribution in [0.3, 0.4) is 0 Å². The Hall–Kier alpha value is -1.55. The number of nitrogens with two attached hydrogens (primary N) is 1. The molecule has 0 aliphatic heterocycles. The van der Waals surface area contributed by atoms with Crippen molar-refractivity contribution in [2.75, 3.05) is 5.43 Å². The SMILES string of the molecule is Cc1ccc(C(=O)NC(C)C2CCCCC2)c(NN)c1. The Morgan fingerprint density at radius 3 is 2.65 bits per heavy atom. The van der Waals surface area contributed by atoms with E-state index in [1.807, 2.05) is 25.1 Å². The first-order valence-electron chi connectivity index (χ1n) is 7.50. The van der Waals surface area contributed by atoms with Crippen molar-refractivity contribution in [3.05, 3.63) is 29.3 Å². The molecule has 1 fully saturated rings. The number of nitrogen functional groups attached to an aromatic ring is 1. The van der Waals surface area contributed by atoms with E-state index in [0.717, 1.165) is 5.56 Å². The zero-order chi connectivity index (χ0) is 14.5. The maximum atomic E-state index is 12.4. The van der Waals surface area contributed by atoms with Gasteiger partial charge in [-0.3, -0.25) is 10.6 Å². The van der Waals surface area contributed by atoms with Crippen molar-refractivity contribution in [2.45, 2.75) is 52.0 Å². The molecule has 0 radical (unpaired) electrons. The predicted molar refractivity (Wildman–Crippen MR) is 82.5 cm³/mol. The third kappa shape index (κ3) is 3.51. The van der Waals surface area contributed by atoms with Gasteiger partial charge in [-0.15, -0.1) is 0 Å². The van der Waals surface area contributed by atoms with Crippen LogP contribution in [0.1, 0.15) is 54.9 Å². The molecule has 0 bridgehead atoms. The minimum Gasteiger partial charge on any atom is -0.349 e. The van der Waals surface area contributed by atoms with E-state index in [0.29, 0.717) is 17.2 Å². The summed E-state index contributed by atoms with van der Waals surface area (Å²) in [6.45, 7) is 4.09. The molecule has 1 aliphatic carbocycles. The van der Waals surface area contributed by atoms with Gasteiger partial charge in [0.05, 0.1) is 11.3 Å². The summed E-state index contributed by atoms with van der Waals surface area (Å²) >= 11 is 0. The summed E-state index contributed by atoms with van der Waals surface area (Å²) in [6.07, 6.45) is 6.33. The smallest absolute Gasteiger partial charge is 0.253 e. The summed E-state index contributed by atoms with van der Waals surface area (Å²) in [5, 5.41) is 3.13. The number of carbonyl (C=O) groups excluding carboxylic acids is 1. The quantitative estimate of drug-likeness (QED) is 0.584. The lowest BCUT2D eigenvalue weighted by Crippen LogP contribution is -2.39. The number of benzene rings is 1. The van der Waals surface area contributed by atoms with Gasteiger partial charge in [0.25, 0.3) is 5.91 Å². The zero-order valence-corrected chi connectivity index (χ0v) is 12.4. The molecule has 0 saturated heterocycles. The Morgan fingerprint density at radius 2 is 2.00 bits per heavy atom. The van der Waals surface area contributed by atoms with Gasteiger partial charge in [-0.1, -0.05) is 25.3 Å². The van der Waals surface area contributed by atoms with Crippen molar-refractivity contribution >= 4 is 11.6 Å². The van der Waals surface area contributed by atoms with Gasteiger partial charge in [0.1, 0.15) is 0 Å². The van der Waals surface area contributed by atoms with E-state index in [2.05, 4.69) is 17.7 Å². The van der Waals surface area contributed by atoms with Crippen molar-refractivity contribution in [3.8, 4) is 0 Å². The topological polar surface area (TPSA) is 67.2 Å². The van der Waals surface area contributed by atoms with E-state index in [9.17, 15) is 4.79 Å². The molecule has 1 aliphatic rings. The molecule has 1 saturated carbocycles. The molecule has 1 amide bonds. The number of hydrogen-bond donors (Lipinski definition) is 3. The fourth-order valence-corrected chi connectivity index (χ4v) is 3.01. The van der Waals surface area contributed by atoms with Crippen molar-refractivity contribution in [1.29, 1.82) is 0 Å². The molecular formula is C16H25N3O. The first-order chi connectivity index (χ1) is 9.61. The Morgan fingerprint density at radius 1 is 1.30 bits per heavy atom. The number of rotatable bonds is 4. The number of hydrazine groups is 1. The minimum atomic E-state index is -0.0453. The molecule has 2 rings (SSSR count). The van der Waals surface area contributed by atoms with Crippen LogP contribution >= 0.6 is 0 Å². The summed E-state index contributed by atoms with van der Waals surface area (Å²) in [5.74, 6) is 6.06. The summed E-state index contributed by atoms with van der Waals surface area (Å²) in [6, 6.07) is 5.86. The van der Waals surface area contributed by atoms with Crippen LogP contribution in [0.15, 0.2) is 18.2 Å². The van der Waals surface area contributed by atoms with Gasteiger partial charge in [0.2, 0.25) is 0 Å². The molecular weight excluding hydrogens is 250 g/mol. The number of carbonyl (C=O) groups is 1. The molecule has 4 N–H and O–H groups in total. The third-order valence-electron chi connectivity index (χ3n) is 4.29. The van der Waals surface area contributed by atoms with Crippen LogP contribution in [-0.4, -0.2) is 11.9 Å². The lowest BCUT2D eigenvalue weighted by atomic mass is 9.84. The van der Waals surface area contributed by atoms with E-state index in [4.69, 9.17) is 5.84 Å². The number of hydrogen-bond acceptors (Lipinski definition) is 3. The highest BCUT2D eigenvalue weighted by atomic mass is 16.1. The highest BCUT2D eigenvalue weighted by Gasteiger charge is 2.22. The number of aryl methyl sites for hydroxylation is 1. The summed E-state index contributed by atoms with van der Waals surface area (Å²) < 4.78 is 0. The molecule has 110 valence electrons. The Bertz CT molecular complexity index is 467. The lowest BCUT2D eigenvalue weighted by molar-refractivity contribution is 0.0920. The molecule has 0 heterocycles. The number of amides is 1. The Labute approximate surface area is 121 Å². The molecule has 1 unspecified atom stereocenters. The van der Waals surface area contributed by atoms with Gasteiger partial charge in [0.15, 0.2) is 0 Å². The van der Waals surface area contributed by atoms with Gasteiger partial charge in [0, 0.05) is 6.04 Å². The second kappa shape index (κ2) is 6.75. The van der Waals surface area contributed by atoms with Crippen molar-refractivity contribution < 1.29 is 4.79 Å². The van der Waals surface area contributed by atoms with E-state index < -0.39 is 0 Å². The number of anilines is 1. The van der Waals surface area contributed by atoms with Crippen LogP contribution in [0.25, 0.3) is 0 Å². The maximum absolute atomic E-state index is 12.4. The van der Waals surface area contributed by atoms with Gasteiger partial charge in [-0.2, -0.15) is 0 Å². The predicted octanol–water partition coefficient (Wildman–Crippen LogP) is 2.98. The fraction of sp³-hybridized carbons (Fsp3) is 0.562. The normalized spacial score (nSPS) is 17.6. The van der Waals surface area contributed by atoms with Crippen LogP contribution in [0.4, 0.5) is 5.69 Å². The van der Waals surface area contributed by atoms with Gasteiger partial charge < -0.3 is 10.7 Å². The summed E-state index contributed by atoms with van der Waals surface area (Å²) in [7, 11) is 0. The van der Waals surface area contributed by atoms with Crippen molar-refractivity contribution in [3.63, 3.8) is 0 Å². The average molecular weight is 275 g/mol. The van der Waals surface area contributed by atoms with Crippen molar-refractivity contribution in [2.24, 2.45) is 11.8 Å². The van der Waals surface area contributed by atoms with Gasteiger partial charge in [-0.05, 0) is 50.3 Å². The van der Waals surface area contributed by atoms with E-state index in [1.54, 1.807) is 0 Å². The molecule has 1 aromatic rings. The molecule has 4 heteroatoms. The summed E-state index contributed by atoms with van der Waals surface area (Å²) in [5.41, 5.74) is 4.98. The minimum absolute atomic E-state index is 0.0453. The maximum Gasteiger partial charge on any atom is 0.253 e. The van der Waals surface area contributed by atoms with Crippen molar-refractivity contribution in [1.82, 2.24) is 5.32 Å². The molecule has 0 spiro atoms. The van der Waals surface area contributed by atoms with E-state index in [1.165, 1.54) is 32.1 Å². The Balaban J connectivity index is 2.03. The highest BCUT2D eigenvalue weighted by Crippen LogP contribution is 2.26. The summed E-state index contributed by atoms with van der Waals surface area (Å²) in [4.78, 5) is 12.4. The van der Waals surface area contributed by atoms with Crippen LogP contribution in [0.5, 0.6) is 0 Å².